The molecule has 0 aliphatic heterocycles. The third-order valence-corrected chi connectivity index (χ3v) is 3.99. The lowest BCUT2D eigenvalue weighted by molar-refractivity contribution is 0.613. The Bertz CT molecular complexity index is 419. The number of aromatic nitrogens is 1. The van der Waals surface area contributed by atoms with Crippen LogP contribution in [0, 0.1) is 0 Å². The van der Waals surface area contributed by atoms with Crippen LogP contribution < -0.4 is 16.2 Å². The van der Waals surface area contributed by atoms with Crippen molar-refractivity contribution in [3.8, 4) is 0 Å². The maximum Gasteiger partial charge on any atom is 0.161 e. The van der Waals surface area contributed by atoms with Crippen LogP contribution in [0.15, 0.2) is 6.07 Å². The van der Waals surface area contributed by atoms with Gasteiger partial charge >= 0.3 is 0 Å². The number of pyridine rings is 1. The van der Waals surface area contributed by atoms with E-state index >= 15 is 0 Å². The van der Waals surface area contributed by atoms with Crippen molar-refractivity contribution in [1.29, 1.82) is 0 Å². The topological polar surface area (TPSA) is 54.2 Å². The Kier molecular flexibility index (Phi) is 4.54. The van der Waals surface area contributed by atoms with Crippen LogP contribution in [0.1, 0.15) is 32.6 Å². The van der Waals surface area contributed by atoms with Crippen molar-refractivity contribution in [2.24, 2.45) is 5.84 Å². The number of anilines is 2. The highest BCUT2D eigenvalue weighted by atomic mass is 35.5. The van der Waals surface area contributed by atoms with Gasteiger partial charge in [-0.15, -0.1) is 0 Å². The van der Waals surface area contributed by atoms with E-state index in [2.05, 4.69) is 22.2 Å². The molecular formula is C12H18Cl2N4. The molecule has 0 bridgehead atoms. The molecule has 1 aromatic rings. The molecule has 1 aromatic heterocycles. The molecule has 0 amide bonds. The summed E-state index contributed by atoms with van der Waals surface area (Å²) in [5.74, 6) is 6.64. The number of nitrogens with one attached hydrogen (secondary N) is 1. The van der Waals surface area contributed by atoms with E-state index in [1.54, 1.807) is 6.07 Å². The molecule has 100 valence electrons. The van der Waals surface area contributed by atoms with Crippen LogP contribution in [0.4, 0.5) is 11.6 Å². The average Bonchev–Trinajstić information content (AvgIpc) is 2.86. The fourth-order valence-corrected chi connectivity index (χ4v) is 3.08. The smallest absolute Gasteiger partial charge is 0.161 e. The molecular weight excluding hydrogens is 271 g/mol. The summed E-state index contributed by atoms with van der Waals surface area (Å²) in [4.78, 5) is 6.67. The predicted octanol–water partition coefficient (Wildman–Crippen LogP) is 3.44. The molecule has 0 spiro atoms. The molecule has 1 saturated carbocycles. The van der Waals surface area contributed by atoms with Gasteiger partial charge in [0.1, 0.15) is 5.82 Å². The van der Waals surface area contributed by atoms with E-state index in [4.69, 9.17) is 29.0 Å². The Morgan fingerprint density at radius 3 is 2.61 bits per heavy atom. The third-order valence-electron chi connectivity index (χ3n) is 3.43. The van der Waals surface area contributed by atoms with Crippen molar-refractivity contribution >= 4 is 34.8 Å². The minimum atomic E-state index is 0.439. The molecule has 1 aliphatic rings. The van der Waals surface area contributed by atoms with Gasteiger partial charge in [0.15, 0.2) is 5.82 Å². The van der Waals surface area contributed by atoms with E-state index in [9.17, 15) is 0 Å². The van der Waals surface area contributed by atoms with Crippen LogP contribution in [-0.4, -0.2) is 17.6 Å². The highest BCUT2D eigenvalue weighted by molar-refractivity contribution is 6.37. The van der Waals surface area contributed by atoms with Crippen molar-refractivity contribution in [3.63, 3.8) is 0 Å². The lowest BCUT2D eigenvalue weighted by atomic mass is 10.2. The third kappa shape index (κ3) is 2.66. The molecule has 1 fully saturated rings. The highest BCUT2D eigenvalue weighted by Gasteiger charge is 2.24. The highest BCUT2D eigenvalue weighted by Crippen LogP contribution is 2.35. The molecule has 0 radical (unpaired) electrons. The van der Waals surface area contributed by atoms with Gasteiger partial charge in [-0.25, -0.2) is 10.8 Å². The molecule has 18 heavy (non-hydrogen) atoms. The second kappa shape index (κ2) is 5.95. The van der Waals surface area contributed by atoms with Crippen molar-refractivity contribution in [1.82, 2.24) is 4.98 Å². The first-order valence-corrected chi connectivity index (χ1v) is 7.02. The zero-order valence-electron chi connectivity index (χ0n) is 10.4. The quantitative estimate of drug-likeness (QED) is 0.658. The zero-order valence-corrected chi connectivity index (χ0v) is 11.9. The molecule has 0 unspecified atom stereocenters. The van der Waals surface area contributed by atoms with Crippen LogP contribution in [0.3, 0.4) is 0 Å². The van der Waals surface area contributed by atoms with E-state index in [1.165, 1.54) is 25.7 Å². The Labute approximate surface area is 117 Å². The maximum atomic E-state index is 6.25. The standard InChI is InChI=1S/C12H18Cl2N4/c1-2-18(8-5-3-4-6-8)12-10(14)7-9(13)11(16-12)17-15/h7-8H,2-6,15H2,1H3,(H,16,17). The lowest BCUT2D eigenvalue weighted by Crippen LogP contribution is -2.34. The number of halogens is 2. The fourth-order valence-electron chi connectivity index (χ4n) is 2.56. The lowest BCUT2D eigenvalue weighted by Gasteiger charge is -2.30. The Balaban J connectivity index is 2.34. The zero-order chi connectivity index (χ0) is 13.1. The van der Waals surface area contributed by atoms with E-state index in [0.717, 1.165) is 12.4 Å². The van der Waals surface area contributed by atoms with Gasteiger partial charge in [-0.1, -0.05) is 36.0 Å². The number of nitrogen functional groups attached to an aromatic ring is 1. The van der Waals surface area contributed by atoms with Gasteiger partial charge < -0.3 is 10.3 Å². The van der Waals surface area contributed by atoms with Crippen LogP contribution in [-0.2, 0) is 0 Å². The SMILES string of the molecule is CCN(c1nc(NN)c(Cl)cc1Cl)C1CCCC1. The van der Waals surface area contributed by atoms with Crippen LogP contribution >= 0.6 is 23.2 Å². The van der Waals surface area contributed by atoms with E-state index < -0.39 is 0 Å². The molecule has 3 N–H and O–H groups in total. The average molecular weight is 289 g/mol. The summed E-state index contributed by atoms with van der Waals surface area (Å²) in [6.45, 7) is 2.99. The summed E-state index contributed by atoms with van der Waals surface area (Å²) in [5, 5.41) is 1.02. The molecule has 1 aliphatic carbocycles. The summed E-state index contributed by atoms with van der Waals surface area (Å²) in [6, 6.07) is 2.21. The van der Waals surface area contributed by atoms with Crippen LogP contribution in [0.25, 0.3) is 0 Å². The van der Waals surface area contributed by atoms with Gasteiger partial charge in [0.25, 0.3) is 0 Å². The molecule has 4 nitrogen and oxygen atoms in total. The minimum Gasteiger partial charge on any atom is -0.353 e. The van der Waals surface area contributed by atoms with E-state index in [0.29, 0.717) is 21.9 Å². The molecule has 6 heteroatoms. The maximum absolute atomic E-state index is 6.25. The van der Waals surface area contributed by atoms with Crippen LogP contribution in [0.2, 0.25) is 10.0 Å². The van der Waals surface area contributed by atoms with E-state index in [1.807, 2.05) is 0 Å². The summed E-state index contributed by atoms with van der Waals surface area (Å²) < 4.78 is 0. The van der Waals surface area contributed by atoms with Crippen molar-refractivity contribution in [3.05, 3.63) is 16.1 Å². The van der Waals surface area contributed by atoms with Gasteiger partial charge in [0.2, 0.25) is 0 Å². The largest absolute Gasteiger partial charge is 0.353 e. The minimum absolute atomic E-state index is 0.439. The van der Waals surface area contributed by atoms with Gasteiger partial charge in [0, 0.05) is 12.6 Å². The number of hydrazine groups is 1. The summed E-state index contributed by atoms with van der Waals surface area (Å²) in [6.07, 6.45) is 4.93. The number of rotatable bonds is 4. The van der Waals surface area contributed by atoms with E-state index in [-0.39, 0.29) is 0 Å². The first-order valence-electron chi connectivity index (χ1n) is 6.26. The van der Waals surface area contributed by atoms with Crippen molar-refractivity contribution in [2.75, 3.05) is 16.9 Å². The number of nitrogens with zero attached hydrogens (tertiary/aromatic N) is 2. The molecule has 2 rings (SSSR count). The van der Waals surface area contributed by atoms with Crippen molar-refractivity contribution in [2.45, 2.75) is 38.6 Å². The second-order valence-electron chi connectivity index (χ2n) is 4.49. The normalized spacial score (nSPS) is 16.0. The molecule has 1 heterocycles. The number of hydrogen-bond acceptors (Lipinski definition) is 4. The Morgan fingerprint density at radius 2 is 2.06 bits per heavy atom. The summed E-state index contributed by atoms with van der Waals surface area (Å²) >= 11 is 12.3. The van der Waals surface area contributed by atoms with Gasteiger partial charge in [-0.2, -0.15) is 0 Å². The molecule has 0 aromatic carbocycles. The van der Waals surface area contributed by atoms with Gasteiger partial charge in [0.05, 0.1) is 10.0 Å². The second-order valence-corrected chi connectivity index (χ2v) is 5.31. The summed E-state index contributed by atoms with van der Waals surface area (Å²) in [7, 11) is 0. The number of hydrogen-bond donors (Lipinski definition) is 2. The van der Waals surface area contributed by atoms with Gasteiger partial charge in [-0.05, 0) is 25.8 Å². The Hall–Kier alpha value is -0.710. The van der Waals surface area contributed by atoms with Crippen molar-refractivity contribution < 1.29 is 0 Å². The Morgan fingerprint density at radius 1 is 1.39 bits per heavy atom. The predicted molar refractivity (Wildman–Crippen MR) is 77.3 cm³/mol. The monoisotopic (exact) mass is 288 g/mol. The summed E-state index contributed by atoms with van der Waals surface area (Å²) in [5.41, 5.74) is 2.50. The number of nitrogens with two attached hydrogens (primary N) is 1. The molecule has 0 saturated heterocycles. The first-order chi connectivity index (χ1) is 8.67. The first kappa shape index (κ1) is 13.7. The fraction of sp³-hybridized carbons (Fsp3) is 0.583. The van der Waals surface area contributed by atoms with Crippen LogP contribution in [0.5, 0.6) is 0 Å². The molecule has 0 atom stereocenters. The van der Waals surface area contributed by atoms with Gasteiger partial charge in [-0.3, -0.25) is 0 Å².